The van der Waals surface area contributed by atoms with Crippen LogP contribution in [-0.2, 0) is 9.53 Å². The molecule has 2 unspecified atom stereocenters. The molecule has 18 heavy (non-hydrogen) atoms. The number of carbonyl (C=O) groups is 1. The van der Waals surface area contributed by atoms with E-state index in [2.05, 4.69) is 15.9 Å². The van der Waals surface area contributed by atoms with Gasteiger partial charge in [-0.3, -0.25) is 9.69 Å². The normalized spacial score (nSPS) is 22.7. The zero-order valence-corrected chi connectivity index (χ0v) is 11.8. The largest absolute Gasteiger partial charge is 0.480 e. The van der Waals surface area contributed by atoms with E-state index in [0.717, 1.165) is 10.0 Å². The third-order valence-corrected chi connectivity index (χ3v) is 3.83. The Morgan fingerprint density at radius 3 is 2.78 bits per heavy atom. The van der Waals surface area contributed by atoms with Gasteiger partial charge in [-0.05, 0) is 24.6 Å². The lowest BCUT2D eigenvalue weighted by Gasteiger charge is -2.37. The standard InChI is InChI=1S/C13H16BrNO3/c1-9(10-2-4-11(14)5-3-10)15-6-7-18-8-12(15)13(16)17/h2-5,9,12H,6-8H2,1H3,(H,16,17). The molecular weight excluding hydrogens is 298 g/mol. The van der Waals surface area contributed by atoms with Gasteiger partial charge in [0.1, 0.15) is 6.04 Å². The van der Waals surface area contributed by atoms with E-state index in [1.54, 1.807) is 0 Å². The van der Waals surface area contributed by atoms with Crippen LogP contribution in [0.15, 0.2) is 28.7 Å². The topological polar surface area (TPSA) is 49.8 Å². The van der Waals surface area contributed by atoms with Crippen molar-refractivity contribution in [2.75, 3.05) is 19.8 Å². The predicted octanol–water partition coefficient (Wildman–Crippen LogP) is 2.30. The molecule has 1 aliphatic heterocycles. The lowest BCUT2D eigenvalue weighted by molar-refractivity contribution is -0.151. The molecule has 0 saturated carbocycles. The van der Waals surface area contributed by atoms with Gasteiger partial charge < -0.3 is 9.84 Å². The van der Waals surface area contributed by atoms with Crippen LogP contribution in [0.1, 0.15) is 18.5 Å². The molecule has 1 N–H and O–H groups in total. The first kappa shape index (κ1) is 13.5. The molecule has 4 nitrogen and oxygen atoms in total. The molecule has 5 heteroatoms. The van der Waals surface area contributed by atoms with Gasteiger partial charge in [-0.15, -0.1) is 0 Å². The maximum absolute atomic E-state index is 11.2. The highest BCUT2D eigenvalue weighted by Gasteiger charge is 2.32. The van der Waals surface area contributed by atoms with Gasteiger partial charge in [-0.1, -0.05) is 28.1 Å². The molecule has 1 aromatic carbocycles. The average Bonchev–Trinajstić information content (AvgIpc) is 2.39. The summed E-state index contributed by atoms with van der Waals surface area (Å²) in [7, 11) is 0. The predicted molar refractivity (Wildman–Crippen MR) is 71.5 cm³/mol. The minimum absolute atomic E-state index is 0.0723. The van der Waals surface area contributed by atoms with Gasteiger partial charge in [0.15, 0.2) is 0 Å². The smallest absolute Gasteiger partial charge is 0.323 e. The highest BCUT2D eigenvalue weighted by atomic mass is 79.9. The van der Waals surface area contributed by atoms with Crippen LogP contribution in [0.3, 0.4) is 0 Å². The molecule has 1 aromatic rings. The van der Waals surface area contributed by atoms with Crippen LogP contribution in [0, 0.1) is 0 Å². The highest BCUT2D eigenvalue weighted by Crippen LogP contribution is 2.25. The molecular formula is C13H16BrNO3. The summed E-state index contributed by atoms with van der Waals surface area (Å²) >= 11 is 3.40. The number of hydrogen-bond donors (Lipinski definition) is 1. The number of ether oxygens (including phenoxy) is 1. The van der Waals surface area contributed by atoms with Crippen molar-refractivity contribution >= 4 is 21.9 Å². The van der Waals surface area contributed by atoms with Gasteiger partial charge in [-0.25, -0.2) is 0 Å². The Labute approximate surface area is 115 Å². The van der Waals surface area contributed by atoms with E-state index < -0.39 is 12.0 Å². The summed E-state index contributed by atoms with van der Waals surface area (Å²) in [5.41, 5.74) is 1.12. The van der Waals surface area contributed by atoms with Gasteiger partial charge in [0.25, 0.3) is 0 Å². The number of morpholine rings is 1. The Hall–Kier alpha value is -0.910. The Kier molecular flexibility index (Phi) is 4.37. The van der Waals surface area contributed by atoms with Crippen molar-refractivity contribution in [2.45, 2.75) is 19.0 Å². The Balaban J connectivity index is 2.17. The van der Waals surface area contributed by atoms with Crippen LogP contribution in [0.4, 0.5) is 0 Å². The maximum Gasteiger partial charge on any atom is 0.323 e. The number of carboxylic acids is 1. The second-order valence-corrected chi connectivity index (χ2v) is 5.31. The SMILES string of the molecule is CC(c1ccc(Br)cc1)N1CCOCC1C(=O)O. The summed E-state index contributed by atoms with van der Waals surface area (Å²) in [4.78, 5) is 13.2. The molecule has 1 aliphatic rings. The number of carboxylic acid groups (broad SMARTS) is 1. The summed E-state index contributed by atoms with van der Waals surface area (Å²) in [5.74, 6) is -0.821. The number of aliphatic carboxylic acids is 1. The van der Waals surface area contributed by atoms with E-state index in [0.29, 0.717) is 13.2 Å². The average molecular weight is 314 g/mol. The minimum atomic E-state index is -0.821. The van der Waals surface area contributed by atoms with Gasteiger partial charge in [0, 0.05) is 17.1 Å². The van der Waals surface area contributed by atoms with Crippen molar-refractivity contribution < 1.29 is 14.6 Å². The number of hydrogen-bond acceptors (Lipinski definition) is 3. The number of halogens is 1. The third kappa shape index (κ3) is 2.91. The highest BCUT2D eigenvalue weighted by molar-refractivity contribution is 9.10. The fraction of sp³-hybridized carbons (Fsp3) is 0.462. The molecule has 0 aliphatic carbocycles. The first-order valence-corrected chi connectivity index (χ1v) is 6.70. The summed E-state index contributed by atoms with van der Waals surface area (Å²) in [6, 6.07) is 7.50. The monoisotopic (exact) mass is 313 g/mol. The molecule has 0 spiro atoms. The summed E-state index contributed by atoms with van der Waals surface area (Å²) < 4.78 is 6.27. The third-order valence-electron chi connectivity index (χ3n) is 3.30. The van der Waals surface area contributed by atoms with Crippen molar-refractivity contribution in [3.05, 3.63) is 34.3 Å². The molecule has 0 radical (unpaired) electrons. The Morgan fingerprint density at radius 2 is 2.17 bits per heavy atom. The first-order valence-electron chi connectivity index (χ1n) is 5.91. The zero-order valence-electron chi connectivity index (χ0n) is 10.2. The van der Waals surface area contributed by atoms with E-state index >= 15 is 0 Å². The second-order valence-electron chi connectivity index (χ2n) is 4.39. The van der Waals surface area contributed by atoms with E-state index in [1.807, 2.05) is 36.1 Å². The molecule has 2 rings (SSSR count). The fourth-order valence-corrected chi connectivity index (χ4v) is 2.49. The molecule has 0 bridgehead atoms. The van der Waals surface area contributed by atoms with Crippen molar-refractivity contribution in [3.8, 4) is 0 Å². The molecule has 2 atom stereocenters. The van der Waals surface area contributed by atoms with Crippen molar-refractivity contribution in [1.29, 1.82) is 0 Å². The first-order chi connectivity index (χ1) is 8.59. The van der Waals surface area contributed by atoms with Gasteiger partial charge in [0.2, 0.25) is 0 Å². The van der Waals surface area contributed by atoms with Crippen LogP contribution >= 0.6 is 15.9 Å². The molecule has 1 fully saturated rings. The molecule has 0 aromatic heterocycles. The number of benzene rings is 1. The van der Waals surface area contributed by atoms with Crippen LogP contribution < -0.4 is 0 Å². The van der Waals surface area contributed by atoms with Crippen molar-refractivity contribution in [3.63, 3.8) is 0 Å². The van der Waals surface area contributed by atoms with Gasteiger partial charge >= 0.3 is 5.97 Å². The summed E-state index contributed by atoms with van der Waals surface area (Å²) in [5, 5.41) is 9.22. The van der Waals surface area contributed by atoms with E-state index in [-0.39, 0.29) is 12.6 Å². The maximum atomic E-state index is 11.2. The van der Waals surface area contributed by atoms with Crippen LogP contribution in [-0.4, -0.2) is 41.8 Å². The summed E-state index contributed by atoms with van der Waals surface area (Å²) in [6.07, 6.45) is 0. The molecule has 98 valence electrons. The quantitative estimate of drug-likeness (QED) is 0.930. The molecule has 0 amide bonds. The van der Waals surface area contributed by atoms with Crippen LogP contribution in [0.2, 0.25) is 0 Å². The van der Waals surface area contributed by atoms with Gasteiger partial charge in [-0.2, -0.15) is 0 Å². The van der Waals surface area contributed by atoms with Crippen molar-refractivity contribution in [2.24, 2.45) is 0 Å². The van der Waals surface area contributed by atoms with Crippen LogP contribution in [0.25, 0.3) is 0 Å². The Morgan fingerprint density at radius 1 is 1.50 bits per heavy atom. The number of nitrogens with zero attached hydrogens (tertiary/aromatic N) is 1. The van der Waals surface area contributed by atoms with E-state index in [4.69, 9.17) is 4.74 Å². The zero-order chi connectivity index (χ0) is 13.1. The minimum Gasteiger partial charge on any atom is -0.480 e. The Bertz CT molecular complexity index is 421. The molecule has 1 saturated heterocycles. The second kappa shape index (κ2) is 5.82. The summed E-state index contributed by atoms with van der Waals surface area (Å²) in [6.45, 7) is 3.53. The lowest BCUT2D eigenvalue weighted by atomic mass is 10.0. The fourth-order valence-electron chi connectivity index (χ4n) is 2.23. The van der Waals surface area contributed by atoms with Gasteiger partial charge in [0.05, 0.1) is 13.2 Å². The number of rotatable bonds is 3. The molecule has 1 heterocycles. The van der Waals surface area contributed by atoms with Crippen LogP contribution in [0.5, 0.6) is 0 Å². The van der Waals surface area contributed by atoms with Crippen molar-refractivity contribution in [1.82, 2.24) is 4.90 Å². The lowest BCUT2D eigenvalue weighted by Crippen LogP contribution is -2.50. The van der Waals surface area contributed by atoms with E-state index in [1.165, 1.54) is 0 Å². The van der Waals surface area contributed by atoms with E-state index in [9.17, 15) is 9.90 Å².